The minimum Gasteiger partial charge on any atom is -0.480 e. The van der Waals surface area contributed by atoms with Gasteiger partial charge in [-0.2, -0.15) is 0 Å². The van der Waals surface area contributed by atoms with Gasteiger partial charge in [0.25, 0.3) is 11.5 Å². The smallest absolute Gasteiger partial charge is 0.326 e. The highest BCUT2D eigenvalue weighted by Crippen LogP contribution is 2.18. The van der Waals surface area contributed by atoms with Gasteiger partial charge in [-0.3, -0.25) is 9.59 Å². The number of fused-ring (bicyclic) bond motifs is 1. The second-order valence-corrected chi connectivity index (χ2v) is 5.76. The van der Waals surface area contributed by atoms with Crippen LogP contribution in [0.2, 0.25) is 0 Å². The number of amides is 1. The third-order valence-corrected chi connectivity index (χ3v) is 3.80. The molecule has 0 spiro atoms. The number of aromatic amines is 1. The number of aryl methyl sites for hydroxylation is 2. The average molecular weight is 292 g/mol. The first-order valence-electron chi connectivity index (χ1n) is 7.19. The third-order valence-electron chi connectivity index (χ3n) is 3.80. The van der Waals surface area contributed by atoms with Crippen LogP contribution in [0, 0.1) is 5.92 Å². The van der Waals surface area contributed by atoms with Crippen LogP contribution in [0.1, 0.15) is 48.3 Å². The lowest BCUT2D eigenvalue weighted by Crippen LogP contribution is -2.45. The molecule has 0 aromatic carbocycles. The molecule has 1 aliphatic carbocycles. The van der Waals surface area contributed by atoms with Crippen molar-refractivity contribution in [3.05, 3.63) is 33.2 Å². The van der Waals surface area contributed by atoms with Crippen molar-refractivity contribution in [2.45, 2.75) is 45.6 Å². The number of carboxylic acid groups (broad SMARTS) is 1. The number of carboxylic acids is 1. The molecule has 0 fully saturated rings. The standard InChI is InChI=1S/C15H20N2O4/c1-8(2)12(15(20)21)17-14(19)10-7-9-5-3-4-6-11(9)16-13(10)18/h7-8,12H,3-6H2,1-2H3,(H,16,18)(H,17,19)(H,20,21)/t12-/m0/s1. The quantitative estimate of drug-likeness (QED) is 0.773. The van der Waals surface area contributed by atoms with E-state index in [1.807, 2.05) is 0 Å². The van der Waals surface area contributed by atoms with Gasteiger partial charge in [-0.15, -0.1) is 0 Å². The first kappa shape index (κ1) is 15.3. The lowest BCUT2D eigenvalue weighted by molar-refractivity contribution is -0.140. The van der Waals surface area contributed by atoms with Gasteiger partial charge in [-0.05, 0) is 43.2 Å². The van der Waals surface area contributed by atoms with Crippen molar-refractivity contribution < 1.29 is 14.7 Å². The number of aliphatic carboxylic acids is 1. The third kappa shape index (κ3) is 3.32. The molecule has 0 bridgehead atoms. The van der Waals surface area contributed by atoms with Gasteiger partial charge in [0.05, 0.1) is 0 Å². The summed E-state index contributed by atoms with van der Waals surface area (Å²) >= 11 is 0. The molecule has 0 saturated heterocycles. The zero-order valence-electron chi connectivity index (χ0n) is 12.2. The molecule has 0 aliphatic heterocycles. The number of pyridine rings is 1. The Morgan fingerprint density at radius 3 is 2.57 bits per heavy atom. The molecule has 1 aromatic heterocycles. The number of carbonyl (C=O) groups is 2. The van der Waals surface area contributed by atoms with Crippen molar-refractivity contribution in [2.24, 2.45) is 5.92 Å². The first-order valence-corrected chi connectivity index (χ1v) is 7.19. The molecule has 0 unspecified atom stereocenters. The molecule has 6 nitrogen and oxygen atoms in total. The van der Waals surface area contributed by atoms with Gasteiger partial charge in [-0.1, -0.05) is 13.8 Å². The van der Waals surface area contributed by atoms with E-state index < -0.39 is 23.5 Å². The van der Waals surface area contributed by atoms with E-state index in [4.69, 9.17) is 5.11 Å². The van der Waals surface area contributed by atoms with Crippen molar-refractivity contribution in [3.63, 3.8) is 0 Å². The van der Waals surface area contributed by atoms with Crippen LogP contribution in [0.4, 0.5) is 0 Å². The summed E-state index contributed by atoms with van der Waals surface area (Å²) in [7, 11) is 0. The first-order chi connectivity index (χ1) is 9.90. The summed E-state index contributed by atoms with van der Waals surface area (Å²) in [6.07, 6.45) is 3.71. The maximum atomic E-state index is 12.2. The highest BCUT2D eigenvalue weighted by atomic mass is 16.4. The number of aromatic nitrogens is 1. The van der Waals surface area contributed by atoms with E-state index in [1.54, 1.807) is 19.9 Å². The van der Waals surface area contributed by atoms with Crippen LogP contribution < -0.4 is 10.9 Å². The maximum absolute atomic E-state index is 12.2. The Morgan fingerprint density at radius 1 is 1.29 bits per heavy atom. The molecule has 3 N–H and O–H groups in total. The van der Waals surface area contributed by atoms with Gasteiger partial charge in [0, 0.05) is 5.69 Å². The Hall–Kier alpha value is -2.11. The van der Waals surface area contributed by atoms with Crippen LogP contribution in [0.3, 0.4) is 0 Å². The van der Waals surface area contributed by atoms with Crippen LogP contribution >= 0.6 is 0 Å². The molecule has 1 aliphatic rings. The summed E-state index contributed by atoms with van der Waals surface area (Å²) in [4.78, 5) is 38.0. The predicted molar refractivity (Wildman–Crippen MR) is 77.4 cm³/mol. The minimum absolute atomic E-state index is 0.0115. The van der Waals surface area contributed by atoms with E-state index in [0.29, 0.717) is 0 Å². The molecule has 1 amide bonds. The Balaban J connectivity index is 2.27. The molecule has 0 saturated carbocycles. The minimum atomic E-state index is -1.10. The monoisotopic (exact) mass is 292 g/mol. The fourth-order valence-electron chi connectivity index (χ4n) is 2.58. The van der Waals surface area contributed by atoms with Gasteiger partial charge < -0.3 is 15.4 Å². The highest BCUT2D eigenvalue weighted by Gasteiger charge is 2.25. The van der Waals surface area contributed by atoms with E-state index in [9.17, 15) is 14.4 Å². The van der Waals surface area contributed by atoms with Gasteiger partial charge in [0.1, 0.15) is 11.6 Å². The Labute approximate surface area is 122 Å². The molecular formula is C15H20N2O4. The van der Waals surface area contributed by atoms with Crippen molar-refractivity contribution >= 4 is 11.9 Å². The summed E-state index contributed by atoms with van der Waals surface area (Å²) in [5.74, 6) is -2.00. The summed E-state index contributed by atoms with van der Waals surface area (Å²) in [5.41, 5.74) is 1.40. The topological polar surface area (TPSA) is 99.3 Å². The van der Waals surface area contributed by atoms with Crippen molar-refractivity contribution in [2.75, 3.05) is 0 Å². The molecule has 1 atom stereocenters. The van der Waals surface area contributed by atoms with Crippen molar-refractivity contribution in [1.29, 1.82) is 0 Å². The molecule has 114 valence electrons. The molecule has 0 radical (unpaired) electrons. The van der Waals surface area contributed by atoms with E-state index in [-0.39, 0.29) is 11.5 Å². The lowest BCUT2D eigenvalue weighted by Gasteiger charge is -2.19. The molecular weight excluding hydrogens is 272 g/mol. The summed E-state index contributed by atoms with van der Waals surface area (Å²) in [6, 6.07) is 0.593. The van der Waals surface area contributed by atoms with Gasteiger partial charge in [0.15, 0.2) is 0 Å². The normalized spacial score (nSPS) is 15.4. The summed E-state index contributed by atoms with van der Waals surface area (Å²) in [5, 5.41) is 11.5. The highest BCUT2D eigenvalue weighted by molar-refractivity contribution is 5.96. The Bertz CT molecular complexity index is 619. The van der Waals surface area contributed by atoms with Crippen LogP contribution in [-0.2, 0) is 17.6 Å². The van der Waals surface area contributed by atoms with Crippen LogP contribution in [0.15, 0.2) is 10.9 Å². The number of H-pyrrole nitrogens is 1. The SMILES string of the molecule is CC(C)[C@H](NC(=O)c1cc2c([nH]c1=O)CCCC2)C(=O)O. The van der Waals surface area contributed by atoms with Gasteiger partial charge in [-0.25, -0.2) is 4.79 Å². The van der Waals surface area contributed by atoms with Crippen molar-refractivity contribution in [1.82, 2.24) is 10.3 Å². The second-order valence-electron chi connectivity index (χ2n) is 5.76. The fraction of sp³-hybridized carbons (Fsp3) is 0.533. The maximum Gasteiger partial charge on any atom is 0.326 e. The summed E-state index contributed by atoms with van der Waals surface area (Å²) < 4.78 is 0. The van der Waals surface area contributed by atoms with E-state index in [0.717, 1.165) is 36.9 Å². The fourth-order valence-corrected chi connectivity index (χ4v) is 2.58. The molecule has 21 heavy (non-hydrogen) atoms. The number of carbonyl (C=O) groups excluding carboxylic acids is 1. The largest absolute Gasteiger partial charge is 0.480 e. The van der Waals surface area contributed by atoms with Crippen LogP contribution in [0.5, 0.6) is 0 Å². The number of hydrogen-bond acceptors (Lipinski definition) is 3. The number of nitrogens with one attached hydrogen (secondary N) is 2. The molecule has 2 rings (SSSR count). The van der Waals surface area contributed by atoms with Crippen LogP contribution in [-0.4, -0.2) is 28.0 Å². The molecule has 6 heteroatoms. The zero-order valence-corrected chi connectivity index (χ0v) is 12.2. The summed E-state index contributed by atoms with van der Waals surface area (Å²) in [6.45, 7) is 3.41. The Morgan fingerprint density at radius 2 is 1.95 bits per heavy atom. The molecule has 1 heterocycles. The van der Waals surface area contributed by atoms with Gasteiger partial charge in [0.2, 0.25) is 0 Å². The van der Waals surface area contributed by atoms with Gasteiger partial charge >= 0.3 is 5.97 Å². The number of rotatable bonds is 4. The lowest BCUT2D eigenvalue weighted by atomic mass is 9.95. The Kier molecular flexibility index (Phi) is 4.45. The van der Waals surface area contributed by atoms with E-state index >= 15 is 0 Å². The zero-order chi connectivity index (χ0) is 15.6. The second kappa shape index (κ2) is 6.11. The van der Waals surface area contributed by atoms with E-state index in [2.05, 4.69) is 10.3 Å². The van der Waals surface area contributed by atoms with Crippen LogP contribution in [0.25, 0.3) is 0 Å². The van der Waals surface area contributed by atoms with Crippen molar-refractivity contribution in [3.8, 4) is 0 Å². The molecule has 1 aromatic rings. The number of hydrogen-bond donors (Lipinski definition) is 3. The predicted octanol–water partition coefficient (Wildman–Crippen LogP) is 1.09. The van der Waals surface area contributed by atoms with E-state index in [1.165, 1.54) is 0 Å². The average Bonchev–Trinajstić information content (AvgIpc) is 2.43.